The number of aliphatic hydroxyl groups is 1. The summed E-state index contributed by atoms with van der Waals surface area (Å²) >= 11 is 0. The van der Waals surface area contributed by atoms with Crippen LogP contribution in [0.15, 0.2) is 12.4 Å². The van der Waals surface area contributed by atoms with Crippen LogP contribution in [0, 0.1) is 0 Å². The zero-order chi connectivity index (χ0) is 17.4. The Morgan fingerprint density at radius 2 is 2.16 bits per heavy atom. The van der Waals surface area contributed by atoms with Crippen LogP contribution in [-0.2, 0) is 20.1 Å². The molecule has 1 N–H and O–H groups in total. The molecule has 4 heterocycles. The van der Waals surface area contributed by atoms with Crippen LogP contribution in [0.1, 0.15) is 43.0 Å². The van der Waals surface area contributed by atoms with Gasteiger partial charge in [0.2, 0.25) is 5.65 Å². The third-order valence-electron chi connectivity index (χ3n) is 4.93. The molecule has 0 saturated carbocycles. The van der Waals surface area contributed by atoms with Gasteiger partial charge in [0.1, 0.15) is 18.8 Å². The smallest absolute Gasteiger partial charge is 0.200 e. The summed E-state index contributed by atoms with van der Waals surface area (Å²) < 4.78 is 3.66. The van der Waals surface area contributed by atoms with Crippen LogP contribution in [0.25, 0.3) is 5.65 Å². The summed E-state index contributed by atoms with van der Waals surface area (Å²) in [7, 11) is 1.91. The number of fused-ring (bicyclic) bond motifs is 1. The Hall–Kier alpha value is -2.55. The van der Waals surface area contributed by atoms with Crippen LogP contribution in [0.5, 0.6) is 0 Å². The minimum Gasteiger partial charge on any atom is -0.388 e. The van der Waals surface area contributed by atoms with Gasteiger partial charge in [-0.3, -0.25) is 0 Å². The molecular formula is C16H22N8O. The van der Waals surface area contributed by atoms with Gasteiger partial charge in [0.05, 0.1) is 11.4 Å². The average molecular weight is 342 g/mol. The number of nitrogens with zero attached hydrogens (tertiary/aromatic N) is 8. The highest BCUT2D eigenvalue weighted by atomic mass is 16.3. The fourth-order valence-corrected chi connectivity index (χ4v) is 3.54. The van der Waals surface area contributed by atoms with Gasteiger partial charge in [-0.25, -0.2) is 0 Å². The first-order chi connectivity index (χ1) is 12.2. The first-order valence-electron chi connectivity index (χ1n) is 8.65. The van der Waals surface area contributed by atoms with Crippen molar-refractivity contribution < 1.29 is 5.11 Å². The topological polar surface area (TPSA) is 97.3 Å². The third-order valence-corrected chi connectivity index (χ3v) is 4.93. The van der Waals surface area contributed by atoms with E-state index >= 15 is 0 Å². The molecule has 0 aliphatic carbocycles. The van der Waals surface area contributed by atoms with Crippen molar-refractivity contribution >= 4 is 11.3 Å². The molecule has 0 aromatic carbocycles. The molecule has 0 bridgehead atoms. The van der Waals surface area contributed by atoms with Gasteiger partial charge in [0, 0.05) is 26.1 Å². The molecule has 25 heavy (non-hydrogen) atoms. The summed E-state index contributed by atoms with van der Waals surface area (Å²) in [5.74, 6) is 1.80. The van der Waals surface area contributed by atoms with Crippen molar-refractivity contribution in [3.8, 4) is 0 Å². The van der Waals surface area contributed by atoms with Crippen LogP contribution in [0.3, 0.4) is 0 Å². The Balaban J connectivity index is 1.67. The quantitative estimate of drug-likeness (QED) is 0.745. The number of aryl methyl sites for hydroxylation is 1. The van der Waals surface area contributed by atoms with E-state index < -0.39 is 0 Å². The zero-order valence-electron chi connectivity index (χ0n) is 14.5. The second kappa shape index (κ2) is 6.40. The summed E-state index contributed by atoms with van der Waals surface area (Å²) in [4.78, 5) is 2.34. The number of aliphatic hydroxyl groups excluding tert-OH is 1. The maximum atomic E-state index is 9.35. The van der Waals surface area contributed by atoms with Crippen LogP contribution in [0.2, 0.25) is 0 Å². The number of rotatable bonds is 4. The summed E-state index contributed by atoms with van der Waals surface area (Å²) in [5.41, 5.74) is 2.87. The maximum Gasteiger partial charge on any atom is 0.200 e. The van der Waals surface area contributed by atoms with Gasteiger partial charge in [0.15, 0.2) is 5.82 Å². The summed E-state index contributed by atoms with van der Waals surface area (Å²) in [6, 6.07) is 2.11. The molecule has 1 aliphatic heterocycles. The Morgan fingerprint density at radius 3 is 2.92 bits per heavy atom. The first-order valence-corrected chi connectivity index (χ1v) is 8.65. The zero-order valence-corrected chi connectivity index (χ0v) is 14.5. The molecule has 9 heteroatoms. The van der Waals surface area contributed by atoms with Crippen molar-refractivity contribution in [1.29, 1.82) is 0 Å². The van der Waals surface area contributed by atoms with Gasteiger partial charge in [-0.1, -0.05) is 6.92 Å². The third kappa shape index (κ3) is 2.74. The lowest BCUT2D eigenvalue weighted by Crippen LogP contribution is -2.36. The first kappa shape index (κ1) is 15.9. The largest absolute Gasteiger partial charge is 0.388 e. The molecule has 4 rings (SSSR count). The molecule has 1 aliphatic rings. The molecule has 0 radical (unpaired) electrons. The van der Waals surface area contributed by atoms with Crippen LogP contribution >= 0.6 is 0 Å². The lowest BCUT2D eigenvalue weighted by Gasteiger charge is -2.34. The van der Waals surface area contributed by atoms with E-state index in [1.54, 1.807) is 10.8 Å². The normalized spacial score (nSPS) is 18.2. The highest BCUT2D eigenvalue weighted by Gasteiger charge is 2.27. The highest BCUT2D eigenvalue weighted by molar-refractivity contribution is 5.68. The van der Waals surface area contributed by atoms with Gasteiger partial charge < -0.3 is 14.6 Å². The molecule has 132 valence electrons. The van der Waals surface area contributed by atoms with Crippen LogP contribution in [-0.4, -0.2) is 52.8 Å². The van der Waals surface area contributed by atoms with Crippen molar-refractivity contribution in [2.45, 2.75) is 38.7 Å². The van der Waals surface area contributed by atoms with E-state index in [1.165, 1.54) is 0 Å². The number of hydrogen-bond donors (Lipinski definition) is 1. The summed E-state index contributed by atoms with van der Waals surface area (Å²) in [5, 5.41) is 30.5. The SMILES string of the molecule is CCc1cc(N2CCCC(c3nnc(CO)n3C)C2)c2nncn2n1. The molecule has 1 fully saturated rings. The number of piperidine rings is 1. The van der Waals surface area contributed by atoms with Crippen molar-refractivity contribution in [1.82, 2.24) is 34.6 Å². The predicted molar refractivity (Wildman–Crippen MR) is 91.3 cm³/mol. The standard InChI is InChI=1S/C16H22N8O/c1-3-12-7-13(16-19-17-10-24(16)21-12)23-6-4-5-11(8-23)15-20-18-14(9-25)22(15)2/h7,10-11,25H,3-6,8-9H2,1-2H3. The average Bonchev–Trinajstić information content (AvgIpc) is 3.27. The van der Waals surface area contributed by atoms with Gasteiger partial charge in [-0.15, -0.1) is 20.4 Å². The van der Waals surface area contributed by atoms with E-state index in [2.05, 4.69) is 43.4 Å². The van der Waals surface area contributed by atoms with Gasteiger partial charge >= 0.3 is 0 Å². The lowest BCUT2D eigenvalue weighted by atomic mass is 9.96. The molecule has 1 atom stereocenters. The van der Waals surface area contributed by atoms with Crippen LogP contribution < -0.4 is 4.90 Å². The number of anilines is 1. The van der Waals surface area contributed by atoms with Crippen molar-refractivity contribution in [3.05, 3.63) is 29.7 Å². The van der Waals surface area contributed by atoms with Crippen LogP contribution in [0.4, 0.5) is 5.69 Å². The molecule has 3 aromatic rings. The molecule has 9 nitrogen and oxygen atoms in total. The summed E-state index contributed by atoms with van der Waals surface area (Å²) in [6.45, 7) is 3.81. The second-order valence-electron chi connectivity index (χ2n) is 6.45. The Labute approximate surface area is 145 Å². The van der Waals surface area contributed by atoms with Crippen molar-refractivity contribution in [3.63, 3.8) is 0 Å². The second-order valence-corrected chi connectivity index (χ2v) is 6.45. The molecule has 1 unspecified atom stereocenters. The molecule has 0 spiro atoms. The molecule has 1 saturated heterocycles. The van der Waals surface area contributed by atoms with Crippen molar-refractivity contribution in [2.75, 3.05) is 18.0 Å². The van der Waals surface area contributed by atoms with Gasteiger partial charge in [-0.2, -0.15) is 9.61 Å². The maximum absolute atomic E-state index is 9.35. The molecule has 0 amide bonds. The Morgan fingerprint density at radius 1 is 1.28 bits per heavy atom. The van der Waals surface area contributed by atoms with E-state index in [-0.39, 0.29) is 12.5 Å². The molecule has 3 aromatic heterocycles. The van der Waals surface area contributed by atoms with E-state index in [1.807, 2.05) is 11.6 Å². The Kier molecular flexibility index (Phi) is 4.08. The molecular weight excluding hydrogens is 320 g/mol. The number of hydrogen-bond acceptors (Lipinski definition) is 7. The van der Waals surface area contributed by atoms with E-state index in [4.69, 9.17) is 0 Å². The fourth-order valence-electron chi connectivity index (χ4n) is 3.54. The van der Waals surface area contributed by atoms with Gasteiger partial charge in [-0.05, 0) is 25.3 Å². The van der Waals surface area contributed by atoms with E-state index in [0.717, 1.165) is 55.2 Å². The highest BCUT2D eigenvalue weighted by Crippen LogP contribution is 2.31. The summed E-state index contributed by atoms with van der Waals surface area (Å²) in [6.07, 6.45) is 4.63. The van der Waals surface area contributed by atoms with E-state index in [0.29, 0.717) is 5.82 Å². The van der Waals surface area contributed by atoms with Gasteiger partial charge in [0.25, 0.3) is 0 Å². The predicted octanol–water partition coefficient (Wildman–Crippen LogP) is 0.691. The number of aromatic nitrogens is 7. The monoisotopic (exact) mass is 342 g/mol. The van der Waals surface area contributed by atoms with E-state index in [9.17, 15) is 5.11 Å². The fraction of sp³-hybridized carbons (Fsp3) is 0.562. The van der Waals surface area contributed by atoms with Crippen molar-refractivity contribution in [2.24, 2.45) is 7.05 Å². The minimum atomic E-state index is -0.0927. The minimum absolute atomic E-state index is 0.0927. The Bertz CT molecular complexity index is 886. The lowest BCUT2D eigenvalue weighted by molar-refractivity contribution is 0.266.